The lowest BCUT2D eigenvalue weighted by Crippen LogP contribution is -2.37. The predicted octanol–water partition coefficient (Wildman–Crippen LogP) is 2.67. The quantitative estimate of drug-likeness (QED) is 0.674. The number of hydrogen-bond donors (Lipinski definition) is 1. The van der Waals surface area contributed by atoms with Gasteiger partial charge in [-0.3, -0.25) is 5.32 Å². The molecule has 1 aliphatic rings. The summed E-state index contributed by atoms with van der Waals surface area (Å²) in [7, 11) is 1.43. The highest BCUT2D eigenvalue weighted by molar-refractivity contribution is 7.07. The zero-order valence-corrected chi connectivity index (χ0v) is 11.5. The van der Waals surface area contributed by atoms with Crippen molar-refractivity contribution in [3.8, 4) is 0 Å². The van der Waals surface area contributed by atoms with Gasteiger partial charge in [0.05, 0.1) is 18.3 Å². The molecule has 1 unspecified atom stereocenters. The van der Waals surface area contributed by atoms with Gasteiger partial charge in [-0.15, -0.1) is 11.3 Å². The molecule has 1 aliphatic carbocycles. The van der Waals surface area contributed by atoms with Gasteiger partial charge in [0.2, 0.25) is 0 Å². The topological polar surface area (TPSA) is 51.2 Å². The maximum atomic E-state index is 11.8. The first-order valence-electron chi connectivity index (χ1n) is 6.53. The van der Waals surface area contributed by atoms with E-state index >= 15 is 0 Å². The van der Waals surface area contributed by atoms with Crippen LogP contribution in [0, 0.1) is 0 Å². The summed E-state index contributed by atoms with van der Waals surface area (Å²) < 4.78 is 4.87. The second-order valence-electron chi connectivity index (χ2n) is 4.72. The van der Waals surface area contributed by atoms with E-state index in [2.05, 4.69) is 10.3 Å². The number of methoxy groups -OCH3 is 1. The van der Waals surface area contributed by atoms with E-state index < -0.39 is 6.04 Å². The highest BCUT2D eigenvalue weighted by Gasteiger charge is 2.26. The SMILES string of the molecule is COC(=O)C(NC1CCCCCC1)c1cscn1. The van der Waals surface area contributed by atoms with Crippen LogP contribution in [0.3, 0.4) is 0 Å². The number of nitrogens with one attached hydrogen (secondary N) is 1. The third-order valence-electron chi connectivity index (χ3n) is 3.44. The van der Waals surface area contributed by atoms with Crippen molar-refractivity contribution in [1.29, 1.82) is 0 Å². The summed E-state index contributed by atoms with van der Waals surface area (Å²) in [6.45, 7) is 0. The Balaban J connectivity index is 2.02. The van der Waals surface area contributed by atoms with Gasteiger partial charge in [0.15, 0.2) is 0 Å². The molecule has 0 radical (unpaired) electrons. The Kier molecular flexibility index (Phi) is 5.13. The van der Waals surface area contributed by atoms with Crippen LogP contribution in [-0.4, -0.2) is 24.1 Å². The lowest BCUT2D eigenvalue weighted by Gasteiger charge is -2.22. The molecule has 1 aromatic rings. The van der Waals surface area contributed by atoms with Gasteiger partial charge in [0, 0.05) is 11.4 Å². The molecule has 1 N–H and O–H groups in total. The van der Waals surface area contributed by atoms with E-state index in [0.717, 1.165) is 18.5 Å². The predicted molar refractivity (Wildman–Crippen MR) is 71.5 cm³/mol. The Hall–Kier alpha value is -0.940. The minimum Gasteiger partial charge on any atom is -0.468 e. The van der Waals surface area contributed by atoms with Crippen LogP contribution in [0.1, 0.15) is 50.3 Å². The second kappa shape index (κ2) is 6.85. The molecule has 4 nitrogen and oxygen atoms in total. The van der Waals surface area contributed by atoms with Gasteiger partial charge < -0.3 is 4.74 Å². The lowest BCUT2D eigenvalue weighted by molar-refractivity contribution is -0.143. The summed E-state index contributed by atoms with van der Waals surface area (Å²) >= 11 is 1.50. The van der Waals surface area contributed by atoms with Gasteiger partial charge in [-0.2, -0.15) is 0 Å². The average Bonchev–Trinajstić information content (AvgIpc) is 2.79. The number of carbonyl (C=O) groups is 1. The fourth-order valence-electron chi connectivity index (χ4n) is 2.44. The fraction of sp³-hybridized carbons (Fsp3) is 0.692. The monoisotopic (exact) mass is 268 g/mol. The van der Waals surface area contributed by atoms with Crippen LogP contribution >= 0.6 is 11.3 Å². The summed E-state index contributed by atoms with van der Waals surface area (Å²) in [6, 6.07) is -0.0114. The van der Waals surface area contributed by atoms with E-state index in [1.807, 2.05) is 5.38 Å². The first-order chi connectivity index (χ1) is 8.81. The minimum absolute atomic E-state index is 0.245. The van der Waals surface area contributed by atoms with Crippen LogP contribution in [-0.2, 0) is 9.53 Å². The van der Waals surface area contributed by atoms with Crippen LogP contribution in [0.2, 0.25) is 0 Å². The summed E-state index contributed by atoms with van der Waals surface area (Å²) in [6.07, 6.45) is 7.36. The van der Waals surface area contributed by atoms with E-state index in [1.165, 1.54) is 44.1 Å². The number of carbonyl (C=O) groups excluding carboxylic acids is 1. The molecule has 0 amide bonds. The van der Waals surface area contributed by atoms with E-state index in [9.17, 15) is 4.79 Å². The van der Waals surface area contributed by atoms with Crippen LogP contribution in [0.15, 0.2) is 10.9 Å². The Labute approximate surface area is 112 Å². The van der Waals surface area contributed by atoms with Crippen molar-refractivity contribution in [3.05, 3.63) is 16.6 Å². The molecule has 2 rings (SSSR count). The second-order valence-corrected chi connectivity index (χ2v) is 5.44. The number of hydrogen-bond acceptors (Lipinski definition) is 5. The van der Waals surface area contributed by atoms with Crippen LogP contribution in [0.4, 0.5) is 0 Å². The van der Waals surface area contributed by atoms with E-state index in [0.29, 0.717) is 6.04 Å². The van der Waals surface area contributed by atoms with Crippen molar-refractivity contribution in [2.75, 3.05) is 7.11 Å². The van der Waals surface area contributed by atoms with Crippen LogP contribution in [0.25, 0.3) is 0 Å². The molecule has 5 heteroatoms. The molecule has 1 saturated carbocycles. The van der Waals surface area contributed by atoms with E-state index in [1.54, 1.807) is 5.51 Å². The average molecular weight is 268 g/mol. The Morgan fingerprint density at radius 1 is 1.44 bits per heavy atom. The Bertz CT molecular complexity index is 359. The van der Waals surface area contributed by atoms with Crippen LogP contribution < -0.4 is 5.32 Å². The molecule has 0 bridgehead atoms. The minimum atomic E-state index is -0.413. The standard InChI is InChI=1S/C13H20N2O2S/c1-17-13(16)12(11-8-18-9-14-11)15-10-6-4-2-3-5-7-10/h8-10,12,15H,2-7H2,1H3. The summed E-state index contributed by atoms with van der Waals surface area (Å²) in [5.74, 6) is -0.245. The molecule has 1 aromatic heterocycles. The normalized spacial score (nSPS) is 19.2. The summed E-state index contributed by atoms with van der Waals surface area (Å²) in [5.41, 5.74) is 2.52. The molecule has 1 fully saturated rings. The molecule has 18 heavy (non-hydrogen) atoms. The maximum absolute atomic E-state index is 11.8. The smallest absolute Gasteiger partial charge is 0.329 e. The number of ether oxygens (including phenoxy) is 1. The number of nitrogens with zero attached hydrogens (tertiary/aromatic N) is 1. The molecule has 0 spiro atoms. The van der Waals surface area contributed by atoms with Gasteiger partial charge in [-0.25, -0.2) is 9.78 Å². The number of thiazole rings is 1. The molecular weight excluding hydrogens is 248 g/mol. The first kappa shape index (κ1) is 13.5. The maximum Gasteiger partial charge on any atom is 0.329 e. The number of rotatable bonds is 4. The molecule has 0 saturated heterocycles. The largest absolute Gasteiger partial charge is 0.468 e. The van der Waals surface area contributed by atoms with Crippen molar-refractivity contribution in [1.82, 2.24) is 10.3 Å². The summed E-state index contributed by atoms with van der Waals surface area (Å²) in [5, 5.41) is 5.33. The van der Waals surface area contributed by atoms with E-state index in [4.69, 9.17) is 4.74 Å². The first-order valence-corrected chi connectivity index (χ1v) is 7.47. The van der Waals surface area contributed by atoms with Crippen molar-refractivity contribution in [2.24, 2.45) is 0 Å². The molecule has 0 aromatic carbocycles. The highest BCUT2D eigenvalue weighted by atomic mass is 32.1. The van der Waals surface area contributed by atoms with Gasteiger partial charge >= 0.3 is 5.97 Å². The van der Waals surface area contributed by atoms with Crippen LogP contribution in [0.5, 0.6) is 0 Å². The zero-order valence-electron chi connectivity index (χ0n) is 10.7. The summed E-state index contributed by atoms with van der Waals surface area (Å²) in [4.78, 5) is 16.1. The van der Waals surface area contributed by atoms with Gasteiger partial charge in [0.1, 0.15) is 6.04 Å². The molecule has 1 heterocycles. The van der Waals surface area contributed by atoms with Gasteiger partial charge in [-0.05, 0) is 12.8 Å². The van der Waals surface area contributed by atoms with Crippen molar-refractivity contribution >= 4 is 17.3 Å². The van der Waals surface area contributed by atoms with Crippen molar-refractivity contribution in [2.45, 2.75) is 50.6 Å². The van der Waals surface area contributed by atoms with E-state index in [-0.39, 0.29) is 5.97 Å². The number of esters is 1. The van der Waals surface area contributed by atoms with Crippen molar-refractivity contribution in [3.63, 3.8) is 0 Å². The lowest BCUT2D eigenvalue weighted by atomic mass is 10.1. The van der Waals surface area contributed by atoms with Crippen molar-refractivity contribution < 1.29 is 9.53 Å². The molecular formula is C13H20N2O2S. The third kappa shape index (κ3) is 3.53. The molecule has 1 atom stereocenters. The number of aromatic nitrogens is 1. The molecule has 0 aliphatic heterocycles. The Morgan fingerprint density at radius 3 is 2.72 bits per heavy atom. The fourth-order valence-corrected chi connectivity index (χ4v) is 3.02. The highest BCUT2D eigenvalue weighted by Crippen LogP contribution is 2.22. The van der Waals surface area contributed by atoms with Gasteiger partial charge in [-0.1, -0.05) is 25.7 Å². The zero-order chi connectivity index (χ0) is 12.8. The third-order valence-corrected chi connectivity index (χ3v) is 4.05. The Morgan fingerprint density at radius 2 is 2.17 bits per heavy atom. The van der Waals surface area contributed by atoms with Gasteiger partial charge in [0.25, 0.3) is 0 Å². The molecule has 100 valence electrons.